The summed E-state index contributed by atoms with van der Waals surface area (Å²) in [5, 5.41) is 10.3. The average molecular weight is 348 g/mol. The van der Waals surface area contributed by atoms with Crippen LogP contribution >= 0.6 is 11.8 Å². The maximum absolute atomic E-state index is 5.45. The molecule has 124 valence electrons. The third-order valence-corrected chi connectivity index (χ3v) is 4.93. The lowest BCUT2D eigenvalue weighted by atomic mass is 10.1. The first-order valence-electron chi connectivity index (χ1n) is 7.85. The zero-order chi connectivity index (χ0) is 17.1. The molecule has 2 aromatic carbocycles. The largest absolute Gasteiger partial charge is 0.495 e. The summed E-state index contributed by atoms with van der Waals surface area (Å²) in [5.74, 6) is 1.55. The van der Waals surface area contributed by atoms with Crippen molar-refractivity contribution in [3.8, 4) is 11.4 Å². The summed E-state index contributed by atoms with van der Waals surface area (Å²) in [6, 6.07) is 18.1. The summed E-state index contributed by atoms with van der Waals surface area (Å²) < 4.78 is 7.40. The van der Waals surface area contributed by atoms with Crippen LogP contribution in [-0.2, 0) is 5.75 Å². The number of thioether (sulfide) groups is 1. The van der Waals surface area contributed by atoms with Gasteiger partial charge in [-0.1, -0.05) is 48.2 Å². The number of rotatable bonds is 5. The summed E-state index contributed by atoms with van der Waals surface area (Å²) in [6.45, 7) is 0. The first kappa shape index (κ1) is 15.7. The van der Waals surface area contributed by atoms with Crippen molar-refractivity contribution >= 4 is 22.7 Å². The monoisotopic (exact) mass is 348 g/mol. The van der Waals surface area contributed by atoms with Crippen LogP contribution in [-0.4, -0.2) is 26.9 Å². The number of pyridine rings is 1. The van der Waals surface area contributed by atoms with Crippen LogP contribution in [0.2, 0.25) is 0 Å². The Labute approximate surface area is 149 Å². The van der Waals surface area contributed by atoms with Gasteiger partial charge in [0.1, 0.15) is 12.1 Å². The van der Waals surface area contributed by atoms with Crippen molar-refractivity contribution in [2.75, 3.05) is 7.11 Å². The van der Waals surface area contributed by atoms with E-state index in [4.69, 9.17) is 4.74 Å². The molecule has 0 saturated carbocycles. The average Bonchev–Trinajstić information content (AvgIpc) is 3.14. The van der Waals surface area contributed by atoms with Crippen LogP contribution in [0.3, 0.4) is 0 Å². The Balaban J connectivity index is 1.64. The molecule has 6 heteroatoms. The van der Waals surface area contributed by atoms with Gasteiger partial charge in [-0.3, -0.25) is 9.55 Å². The van der Waals surface area contributed by atoms with Crippen molar-refractivity contribution in [3.63, 3.8) is 0 Å². The van der Waals surface area contributed by atoms with E-state index in [0.29, 0.717) is 0 Å². The van der Waals surface area contributed by atoms with Crippen LogP contribution in [0.5, 0.6) is 5.75 Å². The zero-order valence-electron chi connectivity index (χ0n) is 13.7. The fourth-order valence-corrected chi connectivity index (χ4v) is 3.65. The first-order valence-corrected chi connectivity index (χ1v) is 8.84. The first-order chi connectivity index (χ1) is 12.4. The highest BCUT2D eigenvalue weighted by Gasteiger charge is 2.12. The van der Waals surface area contributed by atoms with E-state index in [9.17, 15) is 0 Å². The molecule has 0 aliphatic carbocycles. The molecule has 25 heavy (non-hydrogen) atoms. The Morgan fingerprint density at radius 2 is 1.92 bits per heavy atom. The lowest BCUT2D eigenvalue weighted by Gasteiger charge is -2.11. The van der Waals surface area contributed by atoms with E-state index >= 15 is 0 Å². The maximum atomic E-state index is 5.45. The molecule has 0 N–H and O–H groups in total. The molecule has 0 radical (unpaired) electrons. The second-order valence-electron chi connectivity index (χ2n) is 5.44. The van der Waals surface area contributed by atoms with Crippen molar-refractivity contribution in [1.29, 1.82) is 0 Å². The lowest BCUT2D eigenvalue weighted by molar-refractivity contribution is 0.412. The van der Waals surface area contributed by atoms with Gasteiger partial charge in [-0.25, -0.2) is 0 Å². The van der Waals surface area contributed by atoms with Gasteiger partial charge in [0.25, 0.3) is 0 Å². The van der Waals surface area contributed by atoms with Crippen molar-refractivity contribution in [2.24, 2.45) is 0 Å². The second kappa shape index (κ2) is 6.94. The topological polar surface area (TPSA) is 52.8 Å². The molecule has 0 fully saturated rings. The highest BCUT2D eigenvalue weighted by atomic mass is 32.2. The molecular formula is C19H16N4OS. The van der Waals surface area contributed by atoms with Gasteiger partial charge >= 0.3 is 0 Å². The number of fused-ring (bicyclic) bond motifs is 1. The molecule has 2 aromatic heterocycles. The highest BCUT2D eigenvalue weighted by molar-refractivity contribution is 7.98. The standard InChI is InChI=1S/C19H16N4OS/c1-24-17-10-3-2-9-16(17)23-13-21-22-19(23)25-12-15-7-4-6-14-8-5-11-20-18(14)15/h2-11,13H,12H2,1H3. The van der Waals surface area contributed by atoms with Crippen LogP contribution in [0.4, 0.5) is 0 Å². The summed E-state index contributed by atoms with van der Waals surface area (Å²) in [7, 11) is 1.66. The minimum atomic E-state index is 0.766. The van der Waals surface area contributed by atoms with Gasteiger partial charge in [0.05, 0.1) is 18.3 Å². The van der Waals surface area contributed by atoms with Crippen molar-refractivity contribution in [2.45, 2.75) is 10.9 Å². The van der Waals surface area contributed by atoms with Gasteiger partial charge in [0, 0.05) is 17.3 Å². The molecule has 0 saturated heterocycles. The van der Waals surface area contributed by atoms with E-state index in [1.807, 2.05) is 41.1 Å². The van der Waals surface area contributed by atoms with Crippen molar-refractivity contribution < 1.29 is 4.74 Å². The van der Waals surface area contributed by atoms with Crippen LogP contribution in [0.15, 0.2) is 72.3 Å². The molecule has 5 nitrogen and oxygen atoms in total. The Bertz CT molecular complexity index is 1010. The number of nitrogens with zero attached hydrogens (tertiary/aromatic N) is 4. The van der Waals surface area contributed by atoms with E-state index in [0.717, 1.165) is 33.2 Å². The predicted octanol–water partition coefficient (Wildman–Crippen LogP) is 4.12. The van der Waals surface area contributed by atoms with E-state index in [2.05, 4.69) is 39.4 Å². The minimum Gasteiger partial charge on any atom is -0.495 e. The summed E-state index contributed by atoms with van der Waals surface area (Å²) in [5.41, 5.74) is 3.13. The van der Waals surface area contributed by atoms with Gasteiger partial charge in [-0.2, -0.15) is 0 Å². The zero-order valence-corrected chi connectivity index (χ0v) is 14.5. The van der Waals surface area contributed by atoms with Gasteiger partial charge in [-0.05, 0) is 23.8 Å². The van der Waals surface area contributed by atoms with E-state index in [1.165, 1.54) is 5.56 Å². The number of ether oxygens (including phenoxy) is 1. The smallest absolute Gasteiger partial charge is 0.196 e. The number of aromatic nitrogens is 4. The molecule has 0 spiro atoms. The van der Waals surface area contributed by atoms with Gasteiger partial charge in [0.2, 0.25) is 0 Å². The van der Waals surface area contributed by atoms with Crippen LogP contribution < -0.4 is 4.74 Å². The van der Waals surface area contributed by atoms with Gasteiger partial charge in [0.15, 0.2) is 5.16 Å². The Morgan fingerprint density at radius 3 is 2.84 bits per heavy atom. The molecule has 4 aromatic rings. The Kier molecular flexibility index (Phi) is 4.35. The normalized spacial score (nSPS) is 10.9. The molecule has 0 unspecified atom stereocenters. The van der Waals surface area contributed by atoms with E-state index in [-0.39, 0.29) is 0 Å². The summed E-state index contributed by atoms with van der Waals surface area (Å²) in [6.07, 6.45) is 3.54. The quantitative estimate of drug-likeness (QED) is 0.508. The number of hydrogen-bond acceptors (Lipinski definition) is 5. The van der Waals surface area contributed by atoms with E-state index in [1.54, 1.807) is 25.2 Å². The third-order valence-electron chi connectivity index (χ3n) is 3.93. The minimum absolute atomic E-state index is 0.766. The third kappa shape index (κ3) is 3.08. The molecule has 4 rings (SSSR count). The number of hydrogen-bond donors (Lipinski definition) is 0. The maximum Gasteiger partial charge on any atom is 0.196 e. The molecule has 0 amide bonds. The SMILES string of the molecule is COc1ccccc1-n1cnnc1SCc1cccc2cccnc12. The fourth-order valence-electron chi connectivity index (χ4n) is 2.74. The molecular weight excluding hydrogens is 332 g/mol. The lowest BCUT2D eigenvalue weighted by Crippen LogP contribution is -1.99. The van der Waals surface area contributed by atoms with Gasteiger partial charge in [-0.15, -0.1) is 10.2 Å². The molecule has 0 atom stereocenters. The number of benzene rings is 2. The summed E-state index contributed by atoms with van der Waals surface area (Å²) >= 11 is 1.63. The van der Waals surface area contributed by atoms with Gasteiger partial charge < -0.3 is 4.74 Å². The predicted molar refractivity (Wildman–Crippen MR) is 99.2 cm³/mol. The summed E-state index contributed by atoms with van der Waals surface area (Å²) in [4.78, 5) is 4.51. The van der Waals surface area contributed by atoms with Crippen LogP contribution in [0.1, 0.15) is 5.56 Å². The van der Waals surface area contributed by atoms with Crippen LogP contribution in [0.25, 0.3) is 16.6 Å². The highest BCUT2D eigenvalue weighted by Crippen LogP contribution is 2.29. The fraction of sp³-hybridized carbons (Fsp3) is 0.105. The molecule has 0 aliphatic rings. The molecule has 2 heterocycles. The number of methoxy groups -OCH3 is 1. The number of para-hydroxylation sites is 3. The van der Waals surface area contributed by atoms with Crippen molar-refractivity contribution in [1.82, 2.24) is 19.7 Å². The van der Waals surface area contributed by atoms with E-state index < -0.39 is 0 Å². The Morgan fingerprint density at radius 1 is 1.04 bits per heavy atom. The van der Waals surface area contributed by atoms with Crippen LogP contribution in [0, 0.1) is 0 Å². The Hall–Kier alpha value is -2.86. The van der Waals surface area contributed by atoms with Crippen molar-refractivity contribution in [3.05, 3.63) is 72.7 Å². The molecule has 0 bridgehead atoms. The second-order valence-corrected chi connectivity index (χ2v) is 6.38. The molecule has 0 aliphatic heterocycles.